The maximum atomic E-state index is 10.1. The molecule has 5 rings (SSSR count). The van der Waals surface area contributed by atoms with Crippen LogP contribution in [0.25, 0.3) is 0 Å². The van der Waals surface area contributed by atoms with Gasteiger partial charge in [-0.3, -0.25) is 0 Å². The molecular weight excluding hydrogens is 360 g/mol. The summed E-state index contributed by atoms with van der Waals surface area (Å²) in [6.07, 6.45) is -2.45. The molecule has 0 amide bonds. The molecule has 4 unspecified atom stereocenters. The highest BCUT2D eigenvalue weighted by molar-refractivity contribution is 5.35. The third-order valence-corrected chi connectivity index (χ3v) is 5.50. The number of hydrogen-bond donors (Lipinski definition) is 1. The van der Waals surface area contributed by atoms with Gasteiger partial charge in [0.25, 0.3) is 0 Å². The molecular formula is C22H24O6. The van der Waals surface area contributed by atoms with Crippen LogP contribution in [0.1, 0.15) is 25.0 Å². The minimum atomic E-state index is -1.18. The molecule has 6 heteroatoms. The van der Waals surface area contributed by atoms with E-state index in [0.717, 1.165) is 11.1 Å². The Morgan fingerprint density at radius 1 is 0.750 bits per heavy atom. The van der Waals surface area contributed by atoms with Crippen LogP contribution in [0.3, 0.4) is 0 Å². The van der Waals surface area contributed by atoms with Gasteiger partial charge < -0.3 is 28.8 Å². The first-order chi connectivity index (χ1) is 13.5. The Balaban J connectivity index is 1.60. The molecule has 3 saturated heterocycles. The Hall–Kier alpha value is -1.80. The largest absolute Gasteiger partial charge is 0.394 e. The predicted molar refractivity (Wildman–Crippen MR) is 99.2 cm³/mol. The van der Waals surface area contributed by atoms with E-state index >= 15 is 0 Å². The van der Waals surface area contributed by atoms with Crippen molar-refractivity contribution in [2.24, 2.45) is 0 Å². The van der Waals surface area contributed by atoms with Gasteiger partial charge in [-0.2, -0.15) is 0 Å². The Morgan fingerprint density at radius 3 is 1.93 bits per heavy atom. The van der Waals surface area contributed by atoms with Gasteiger partial charge in [0.2, 0.25) is 5.79 Å². The van der Waals surface area contributed by atoms with Crippen molar-refractivity contribution in [1.29, 1.82) is 0 Å². The molecule has 3 heterocycles. The fourth-order valence-electron chi connectivity index (χ4n) is 4.33. The summed E-state index contributed by atoms with van der Waals surface area (Å²) >= 11 is 0. The maximum Gasteiger partial charge on any atom is 0.223 e. The molecule has 2 aromatic carbocycles. The molecule has 0 saturated carbocycles. The van der Waals surface area contributed by atoms with E-state index < -0.39 is 42.3 Å². The lowest BCUT2D eigenvalue weighted by Gasteiger charge is -2.47. The van der Waals surface area contributed by atoms with Crippen molar-refractivity contribution < 1.29 is 28.8 Å². The van der Waals surface area contributed by atoms with Gasteiger partial charge in [0, 0.05) is 11.1 Å². The average molecular weight is 384 g/mol. The van der Waals surface area contributed by atoms with Gasteiger partial charge in [-0.05, 0) is 13.8 Å². The van der Waals surface area contributed by atoms with Crippen LogP contribution in [0.4, 0.5) is 0 Å². The second-order valence-electron chi connectivity index (χ2n) is 7.84. The monoisotopic (exact) mass is 384 g/mol. The Kier molecular flexibility index (Phi) is 4.32. The summed E-state index contributed by atoms with van der Waals surface area (Å²) in [5.74, 6) is -1.93. The first-order valence-corrected chi connectivity index (χ1v) is 9.61. The van der Waals surface area contributed by atoms with Gasteiger partial charge in [-0.1, -0.05) is 60.7 Å². The molecule has 0 spiro atoms. The average Bonchev–Trinajstić information content (AvgIpc) is 3.20. The highest BCUT2D eigenvalue weighted by atomic mass is 16.9. The predicted octanol–water partition coefficient (Wildman–Crippen LogP) is 2.54. The zero-order valence-corrected chi connectivity index (χ0v) is 15.9. The van der Waals surface area contributed by atoms with Gasteiger partial charge in [-0.15, -0.1) is 0 Å². The van der Waals surface area contributed by atoms with Gasteiger partial charge in [-0.25, -0.2) is 0 Å². The summed E-state index contributed by atoms with van der Waals surface area (Å²) in [6.45, 7) is 3.51. The second-order valence-corrected chi connectivity index (χ2v) is 7.84. The lowest BCUT2D eigenvalue weighted by Crippen LogP contribution is -2.58. The van der Waals surface area contributed by atoms with E-state index in [9.17, 15) is 5.11 Å². The molecule has 0 radical (unpaired) electrons. The summed E-state index contributed by atoms with van der Waals surface area (Å²) in [5, 5.41) is 10.1. The number of rotatable bonds is 3. The van der Waals surface area contributed by atoms with Crippen LogP contribution in [0.5, 0.6) is 0 Å². The molecule has 148 valence electrons. The molecule has 28 heavy (non-hydrogen) atoms. The smallest absolute Gasteiger partial charge is 0.223 e. The van der Waals surface area contributed by atoms with Crippen LogP contribution in [0.2, 0.25) is 0 Å². The summed E-state index contributed by atoms with van der Waals surface area (Å²) in [5.41, 5.74) is 1.69. The van der Waals surface area contributed by atoms with Crippen LogP contribution in [-0.2, 0) is 29.5 Å². The van der Waals surface area contributed by atoms with E-state index in [1.165, 1.54) is 0 Å². The summed E-state index contributed by atoms with van der Waals surface area (Å²) in [4.78, 5) is 0. The summed E-state index contributed by atoms with van der Waals surface area (Å²) < 4.78 is 31.1. The first-order valence-electron chi connectivity index (χ1n) is 9.61. The Labute approximate surface area is 163 Å². The number of aliphatic hydroxyl groups excluding tert-OH is 1. The van der Waals surface area contributed by atoms with Crippen LogP contribution in [-0.4, -0.2) is 48.2 Å². The van der Waals surface area contributed by atoms with Crippen molar-refractivity contribution in [3.05, 3.63) is 71.8 Å². The third kappa shape index (κ3) is 2.80. The van der Waals surface area contributed by atoms with E-state index in [-0.39, 0.29) is 6.61 Å². The van der Waals surface area contributed by atoms with Gasteiger partial charge >= 0.3 is 0 Å². The zero-order chi connectivity index (χ0) is 19.4. The highest BCUT2D eigenvalue weighted by Gasteiger charge is 2.63. The molecule has 3 aliphatic heterocycles. The maximum absolute atomic E-state index is 10.1. The van der Waals surface area contributed by atoms with Crippen molar-refractivity contribution in [3.63, 3.8) is 0 Å². The minimum Gasteiger partial charge on any atom is -0.394 e. The third-order valence-electron chi connectivity index (χ3n) is 5.50. The highest BCUT2D eigenvalue weighted by Crippen LogP contribution is 2.49. The van der Waals surface area contributed by atoms with Crippen molar-refractivity contribution in [2.45, 2.75) is 56.1 Å². The molecule has 5 atom stereocenters. The van der Waals surface area contributed by atoms with E-state index in [1.54, 1.807) is 0 Å². The van der Waals surface area contributed by atoms with Gasteiger partial charge in [0.1, 0.15) is 24.4 Å². The van der Waals surface area contributed by atoms with Crippen molar-refractivity contribution in [3.8, 4) is 0 Å². The van der Waals surface area contributed by atoms with Crippen molar-refractivity contribution in [2.75, 3.05) is 6.61 Å². The van der Waals surface area contributed by atoms with Crippen LogP contribution in [0, 0.1) is 0 Å². The fourth-order valence-corrected chi connectivity index (χ4v) is 4.33. The van der Waals surface area contributed by atoms with E-state index in [2.05, 4.69) is 0 Å². The lowest BCUT2D eigenvalue weighted by molar-refractivity contribution is -0.351. The molecule has 6 nitrogen and oxygen atoms in total. The van der Waals surface area contributed by atoms with Crippen LogP contribution < -0.4 is 0 Å². The number of aliphatic hydroxyl groups is 1. The Bertz CT molecular complexity index is 784. The summed E-state index contributed by atoms with van der Waals surface area (Å²) in [7, 11) is 0. The van der Waals surface area contributed by atoms with E-state index in [4.69, 9.17) is 23.7 Å². The number of benzene rings is 2. The van der Waals surface area contributed by atoms with Crippen molar-refractivity contribution >= 4 is 0 Å². The first kappa shape index (κ1) is 18.2. The van der Waals surface area contributed by atoms with Crippen molar-refractivity contribution in [1.82, 2.24) is 0 Å². The fraction of sp³-hybridized carbons (Fsp3) is 0.455. The number of ether oxygens (including phenoxy) is 5. The number of hydrogen-bond acceptors (Lipinski definition) is 6. The molecule has 0 aliphatic carbocycles. The molecule has 3 fully saturated rings. The zero-order valence-electron chi connectivity index (χ0n) is 15.9. The Morgan fingerprint density at radius 2 is 1.36 bits per heavy atom. The molecule has 1 N–H and O–H groups in total. The second kappa shape index (κ2) is 6.62. The quantitative estimate of drug-likeness (QED) is 0.877. The number of fused-ring (bicyclic) bond motifs is 3. The van der Waals surface area contributed by atoms with E-state index in [1.807, 2.05) is 74.5 Å². The molecule has 0 bridgehead atoms. The summed E-state index contributed by atoms with van der Waals surface area (Å²) in [6, 6.07) is 19.5. The van der Waals surface area contributed by atoms with E-state index in [0.29, 0.717) is 0 Å². The standard InChI is InChI=1S/C22H24O6/c1-21(2)26-19-18-17(24-20(19)28-21)16(13-23)25-22(27-18,14-9-5-3-6-10-14)15-11-7-4-8-12-15/h3-12,16-20,23H,13H2,1-2H3/t16-,17?,18?,19?,20?/m0/s1. The lowest BCUT2D eigenvalue weighted by atomic mass is 9.93. The molecule has 3 aliphatic rings. The van der Waals surface area contributed by atoms with Crippen LogP contribution in [0.15, 0.2) is 60.7 Å². The molecule has 2 aromatic rings. The SMILES string of the molecule is CC1(C)OC2OC3C(OC(c4ccccc4)(c4ccccc4)O[C@H]3CO)C2O1. The van der Waals surface area contributed by atoms with Gasteiger partial charge in [0.05, 0.1) is 6.61 Å². The minimum absolute atomic E-state index is 0.200. The molecule has 0 aromatic heterocycles. The normalized spacial score (nSPS) is 35.3. The van der Waals surface area contributed by atoms with Crippen LogP contribution >= 0.6 is 0 Å². The van der Waals surface area contributed by atoms with Gasteiger partial charge in [0.15, 0.2) is 12.1 Å². The topological polar surface area (TPSA) is 66.4 Å².